The highest BCUT2D eigenvalue weighted by Crippen LogP contribution is 2.35. The molecule has 0 radical (unpaired) electrons. The van der Waals surface area contributed by atoms with Crippen molar-refractivity contribution < 1.29 is 4.74 Å². The molecule has 0 fully saturated rings. The smallest absolute Gasteiger partial charge is 0.109 e. The number of imidazole rings is 1. The standard InChI is InChI=1S/C26H22O.C5H9N3/c1-5-13-21(14-6-1)25(22-15-7-2-8-16-22)27-26(23-17-9-3-10-18-23)24-19-11-4-12-20-24;6-2-1-5-3-7-4-8-5/h1-20,25-26H;3-4H,1-2,6H2,(H,7,8). The van der Waals surface area contributed by atoms with Crippen LogP contribution in [-0.2, 0) is 11.2 Å². The Morgan fingerprint density at radius 2 is 0.971 bits per heavy atom. The summed E-state index contributed by atoms with van der Waals surface area (Å²) in [7, 11) is 0. The van der Waals surface area contributed by atoms with Crippen molar-refractivity contribution in [1.29, 1.82) is 0 Å². The number of aromatic amines is 1. The van der Waals surface area contributed by atoms with E-state index in [1.54, 1.807) is 6.33 Å². The van der Waals surface area contributed by atoms with E-state index < -0.39 is 0 Å². The largest absolute Gasteiger partial charge is 0.356 e. The number of benzene rings is 4. The summed E-state index contributed by atoms with van der Waals surface area (Å²) in [5.41, 5.74) is 10.9. The van der Waals surface area contributed by atoms with E-state index >= 15 is 0 Å². The Labute approximate surface area is 207 Å². The lowest BCUT2D eigenvalue weighted by molar-refractivity contribution is 0.0308. The zero-order valence-electron chi connectivity index (χ0n) is 19.7. The van der Waals surface area contributed by atoms with E-state index in [1.165, 1.54) is 0 Å². The monoisotopic (exact) mass is 461 g/mol. The summed E-state index contributed by atoms with van der Waals surface area (Å²) in [5.74, 6) is 0. The predicted octanol–water partition coefficient (Wildman–Crippen LogP) is 6.49. The molecule has 5 rings (SSSR count). The van der Waals surface area contributed by atoms with Gasteiger partial charge in [0.2, 0.25) is 0 Å². The fraction of sp³-hybridized carbons (Fsp3) is 0.129. The summed E-state index contributed by atoms with van der Waals surface area (Å²) in [4.78, 5) is 6.82. The number of nitrogens with zero attached hydrogens (tertiary/aromatic N) is 1. The summed E-state index contributed by atoms with van der Waals surface area (Å²) in [6, 6.07) is 41.7. The van der Waals surface area contributed by atoms with E-state index in [2.05, 4.69) is 107 Å². The molecule has 4 nitrogen and oxygen atoms in total. The van der Waals surface area contributed by atoms with Gasteiger partial charge in [-0.2, -0.15) is 0 Å². The first kappa shape index (κ1) is 24.1. The van der Waals surface area contributed by atoms with Gasteiger partial charge in [-0.15, -0.1) is 0 Å². The lowest BCUT2D eigenvalue weighted by Gasteiger charge is -2.26. The van der Waals surface area contributed by atoms with E-state index in [0.717, 1.165) is 34.4 Å². The zero-order valence-corrected chi connectivity index (χ0v) is 19.7. The normalized spacial score (nSPS) is 10.7. The molecule has 0 aliphatic heterocycles. The van der Waals surface area contributed by atoms with Crippen LogP contribution in [0.2, 0.25) is 0 Å². The number of nitrogens with one attached hydrogen (secondary N) is 1. The van der Waals surface area contributed by atoms with Gasteiger partial charge in [0.15, 0.2) is 0 Å². The van der Waals surface area contributed by atoms with Gasteiger partial charge in [0.1, 0.15) is 12.2 Å². The number of hydrogen-bond donors (Lipinski definition) is 2. The molecule has 1 heterocycles. The van der Waals surface area contributed by atoms with E-state index in [1.807, 2.05) is 30.5 Å². The third-order valence-electron chi connectivity index (χ3n) is 5.64. The van der Waals surface area contributed by atoms with Gasteiger partial charge in [0.25, 0.3) is 0 Å². The summed E-state index contributed by atoms with van der Waals surface area (Å²) < 4.78 is 6.79. The molecule has 4 aromatic carbocycles. The molecular formula is C31H31N3O. The number of rotatable bonds is 8. The molecule has 0 amide bonds. The molecule has 35 heavy (non-hydrogen) atoms. The minimum atomic E-state index is -0.141. The molecule has 4 heteroatoms. The summed E-state index contributed by atoms with van der Waals surface area (Å²) in [6.07, 6.45) is 4.09. The Kier molecular flexibility index (Phi) is 9.00. The van der Waals surface area contributed by atoms with Gasteiger partial charge >= 0.3 is 0 Å². The van der Waals surface area contributed by atoms with Gasteiger partial charge in [-0.05, 0) is 28.8 Å². The maximum atomic E-state index is 6.79. The molecule has 3 N–H and O–H groups in total. The molecule has 0 atom stereocenters. The Bertz CT molecular complexity index is 1050. The van der Waals surface area contributed by atoms with Crippen LogP contribution in [0.25, 0.3) is 0 Å². The van der Waals surface area contributed by atoms with Crippen molar-refractivity contribution in [2.45, 2.75) is 18.6 Å². The highest BCUT2D eigenvalue weighted by molar-refractivity contribution is 5.33. The number of H-pyrrole nitrogens is 1. The van der Waals surface area contributed by atoms with Crippen LogP contribution in [0, 0.1) is 0 Å². The minimum Gasteiger partial charge on any atom is -0.356 e. The number of hydrogen-bond acceptors (Lipinski definition) is 3. The van der Waals surface area contributed by atoms with Crippen LogP contribution in [0.15, 0.2) is 134 Å². The first-order valence-corrected chi connectivity index (χ1v) is 11.9. The van der Waals surface area contributed by atoms with Crippen LogP contribution in [0.4, 0.5) is 0 Å². The molecule has 0 aliphatic rings. The van der Waals surface area contributed by atoms with Crippen LogP contribution in [0.5, 0.6) is 0 Å². The van der Waals surface area contributed by atoms with Gasteiger partial charge in [0.05, 0.1) is 12.0 Å². The Hall–Kier alpha value is -3.99. The fourth-order valence-corrected chi connectivity index (χ4v) is 3.92. The van der Waals surface area contributed by atoms with E-state index in [-0.39, 0.29) is 12.2 Å². The topological polar surface area (TPSA) is 63.9 Å². The maximum Gasteiger partial charge on any atom is 0.109 e. The van der Waals surface area contributed by atoms with E-state index in [9.17, 15) is 0 Å². The third-order valence-corrected chi connectivity index (χ3v) is 5.64. The van der Waals surface area contributed by atoms with Gasteiger partial charge in [-0.25, -0.2) is 4.98 Å². The Balaban J connectivity index is 0.000000308. The molecule has 0 aliphatic carbocycles. The molecule has 0 saturated carbocycles. The van der Waals surface area contributed by atoms with Crippen molar-refractivity contribution in [2.24, 2.45) is 5.73 Å². The Morgan fingerprint density at radius 1 is 0.600 bits per heavy atom. The van der Waals surface area contributed by atoms with Crippen molar-refractivity contribution in [3.63, 3.8) is 0 Å². The summed E-state index contributed by atoms with van der Waals surface area (Å²) in [6.45, 7) is 0.671. The lowest BCUT2D eigenvalue weighted by Crippen LogP contribution is -2.13. The molecular weight excluding hydrogens is 430 g/mol. The molecule has 1 aromatic heterocycles. The van der Waals surface area contributed by atoms with Gasteiger partial charge < -0.3 is 15.5 Å². The second-order valence-electron chi connectivity index (χ2n) is 8.14. The minimum absolute atomic E-state index is 0.141. The number of aromatic nitrogens is 2. The second kappa shape index (κ2) is 13.0. The fourth-order valence-electron chi connectivity index (χ4n) is 3.92. The average Bonchev–Trinajstić information content (AvgIpc) is 3.45. The van der Waals surface area contributed by atoms with Crippen LogP contribution in [0.1, 0.15) is 40.2 Å². The number of ether oxygens (including phenoxy) is 1. The van der Waals surface area contributed by atoms with Crippen molar-refractivity contribution in [3.8, 4) is 0 Å². The van der Waals surface area contributed by atoms with Crippen molar-refractivity contribution in [1.82, 2.24) is 9.97 Å². The van der Waals surface area contributed by atoms with Crippen LogP contribution >= 0.6 is 0 Å². The van der Waals surface area contributed by atoms with Crippen LogP contribution in [-0.4, -0.2) is 16.5 Å². The number of nitrogens with two attached hydrogens (primary N) is 1. The van der Waals surface area contributed by atoms with Gasteiger partial charge in [0, 0.05) is 12.6 Å². The highest BCUT2D eigenvalue weighted by atomic mass is 16.5. The SMILES string of the molecule is NCCc1c[nH]cn1.c1ccc(C(OC(c2ccccc2)c2ccccc2)c2ccccc2)cc1. The zero-order chi connectivity index (χ0) is 24.1. The molecule has 0 bridgehead atoms. The van der Waals surface area contributed by atoms with Crippen molar-refractivity contribution >= 4 is 0 Å². The van der Waals surface area contributed by atoms with Gasteiger partial charge in [-0.3, -0.25) is 0 Å². The first-order chi connectivity index (χ1) is 17.3. The van der Waals surface area contributed by atoms with E-state index in [0.29, 0.717) is 6.54 Å². The lowest BCUT2D eigenvalue weighted by atomic mass is 9.98. The molecule has 0 unspecified atom stereocenters. The Morgan fingerprint density at radius 3 is 1.26 bits per heavy atom. The molecule has 0 saturated heterocycles. The molecule has 176 valence electrons. The van der Waals surface area contributed by atoms with Crippen molar-refractivity contribution in [2.75, 3.05) is 6.54 Å². The highest BCUT2D eigenvalue weighted by Gasteiger charge is 2.22. The van der Waals surface area contributed by atoms with Crippen molar-refractivity contribution in [3.05, 3.63) is 162 Å². The van der Waals surface area contributed by atoms with Crippen LogP contribution in [0.3, 0.4) is 0 Å². The average molecular weight is 462 g/mol. The second-order valence-corrected chi connectivity index (χ2v) is 8.14. The molecule has 0 spiro atoms. The third kappa shape index (κ3) is 7.00. The summed E-state index contributed by atoms with van der Waals surface area (Å²) >= 11 is 0. The quantitative estimate of drug-likeness (QED) is 0.277. The predicted molar refractivity (Wildman–Crippen MR) is 142 cm³/mol. The molecule has 5 aromatic rings. The first-order valence-electron chi connectivity index (χ1n) is 11.9. The maximum absolute atomic E-state index is 6.79. The van der Waals surface area contributed by atoms with Crippen LogP contribution < -0.4 is 5.73 Å². The summed E-state index contributed by atoms with van der Waals surface area (Å²) in [5, 5.41) is 0. The van der Waals surface area contributed by atoms with E-state index in [4.69, 9.17) is 10.5 Å². The van der Waals surface area contributed by atoms with Gasteiger partial charge in [-0.1, -0.05) is 121 Å².